The molecule has 0 aromatic heterocycles. The maximum atomic E-state index is 12.1. The fourth-order valence-corrected chi connectivity index (χ4v) is 2.68. The van der Waals surface area contributed by atoms with Crippen molar-refractivity contribution in [3.05, 3.63) is 82.9 Å². The fourth-order valence-electron chi connectivity index (χ4n) is 2.68. The lowest BCUT2D eigenvalue weighted by Crippen LogP contribution is -2.13. The molecule has 2 aromatic rings. The van der Waals surface area contributed by atoms with Crippen LogP contribution >= 0.6 is 0 Å². The molecule has 0 fully saturated rings. The third-order valence-corrected chi connectivity index (χ3v) is 3.94. The van der Waals surface area contributed by atoms with Gasteiger partial charge in [0.1, 0.15) is 6.10 Å². The van der Waals surface area contributed by atoms with Gasteiger partial charge in [-0.3, -0.25) is 0 Å². The first-order valence-electron chi connectivity index (χ1n) is 7.22. The van der Waals surface area contributed by atoms with Gasteiger partial charge in [0.05, 0.1) is 0 Å². The van der Waals surface area contributed by atoms with Gasteiger partial charge >= 0.3 is 5.97 Å². The van der Waals surface area contributed by atoms with E-state index < -0.39 is 0 Å². The van der Waals surface area contributed by atoms with Crippen molar-refractivity contribution < 1.29 is 9.53 Å². The number of benzene rings is 2. The summed E-state index contributed by atoms with van der Waals surface area (Å²) in [6.45, 7) is 2.01. The number of carbonyl (C=O) groups excluding carboxylic acids is 1. The van der Waals surface area contributed by atoms with Gasteiger partial charge in [0, 0.05) is 18.4 Å². The molecule has 0 unspecified atom stereocenters. The summed E-state index contributed by atoms with van der Waals surface area (Å²) < 4.78 is 5.55. The highest BCUT2D eigenvalue weighted by Crippen LogP contribution is 2.27. The van der Waals surface area contributed by atoms with Crippen LogP contribution in [-0.2, 0) is 22.4 Å². The van der Waals surface area contributed by atoms with E-state index in [1.165, 1.54) is 5.56 Å². The van der Waals surface area contributed by atoms with Crippen LogP contribution in [0.15, 0.2) is 71.8 Å². The molecule has 0 radical (unpaired) electrons. The van der Waals surface area contributed by atoms with Crippen molar-refractivity contribution >= 4 is 5.97 Å². The van der Waals surface area contributed by atoms with E-state index in [1.807, 2.05) is 55.5 Å². The Bertz CT molecular complexity index is 656. The topological polar surface area (TPSA) is 26.3 Å². The molecule has 0 aliphatic carbocycles. The second-order valence-electron chi connectivity index (χ2n) is 5.41. The summed E-state index contributed by atoms with van der Waals surface area (Å²) in [6, 6.07) is 20.2. The Morgan fingerprint density at radius 1 is 0.905 bits per heavy atom. The second kappa shape index (κ2) is 5.96. The van der Waals surface area contributed by atoms with Gasteiger partial charge in [-0.2, -0.15) is 0 Å². The molecule has 0 spiro atoms. The normalized spacial score (nSPS) is 18.0. The summed E-state index contributed by atoms with van der Waals surface area (Å²) >= 11 is 0. The first-order valence-corrected chi connectivity index (χ1v) is 7.22. The van der Waals surface area contributed by atoms with Gasteiger partial charge in [-0.05, 0) is 23.6 Å². The molecule has 1 atom stereocenters. The van der Waals surface area contributed by atoms with E-state index >= 15 is 0 Å². The summed E-state index contributed by atoms with van der Waals surface area (Å²) in [4.78, 5) is 12.1. The Morgan fingerprint density at radius 2 is 1.48 bits per heavy atom. The molecular formula is C19H18O2. The minimum Gasteiger partial charge on any atom is -0.454 e. The van der Waals surface area contributed by atoms with Gasteiger partial charge in [-0.25, -0.2) is 4.79 Å². The zero-order chi connectivity index (χ0) is 14.7. The Hall–Kier alpha value is -2.35. The van der Waals surface area contributed by atoms with E-state index in [4.69, 9.17) is 4.74 Å². The number of cyclic esters (lactones) is 1. The van der Waals surface area contributed by atoms with Gasteiger partial charge in [-0.1, -0.05) is 60.7 Å². The van der Waals surface area contributed by atoms with Crippen LogP contribution in [0.3, 0.4) is 0 Å². The molecule has 0 saturated carbocycles. The van der Waals surface area contributed by atoms with Gasteiger partial charge in [0.2, 0.25) is 0 Å². The maximum Gasteiger partial charge on any atom is 0.335 e. The molecule has 1 heterocycles. The summed E-state index contributed by atoms with van der Waals surface area (Å²) in [7, 11) is 0. The standard InChI is InChI=1S/C19H18O2/c1-14-17(12-15-8-4-2-5-9-15)19(20)21-18(14)13-16-10-6-3-7-11-16/h2-11,18H,12-13H2,1H3/t18-/m0/s1. The van der Waals surface area contributed by atoms with Gasteiger partial charge in [0.15, 0.2) is 0 Å². The van der Waals surface area contributed by atoms with Crippen LogP contribution in [0.5, 0.6) is 0 Å². The first-order chi connectivity index (χ1) is 10.2. The Labute approximate surface area is 125 Å². The van der Waals surface area contributed by atoms with E-state index in [2.05, 4.69) is 12.1 Å². The molecule has 21 heavy (non-hydrogen) atoms. The van der Waals surface area contributed by atoms with Crippen molar-refractivity contribution in [1.82, 2.24) is 0 Å². The van der Waals surface area contributed by atoms with Gasteiger partial charge < -0.3 is 4.74 Å². The van der Waals surface area contributed by atoms with Crippen LogP contribution in [-0.4, -0.2) is 12.1 Å². The van der Waals surface area contributed by atoms with Crippen LogP contribution in [0.4, 0.5) is 0 Å². The molecule has 106 valence electrons. The number of hydrogen-bond acceptors (Lipinski definition) is 2. The van der Waals surface area contributed by atoms with Crippen LogP contribution in [0, 0.1) is 0 Å². The van der Waals surface area contributed by atoms with E-state index in [1.54, 1.807) is 0 Å². The summed E-state index contributed by atoms with van der Waals surface area (Å²) in [5, 5.41) is 0. The number of esters is 1. The van der Waals surface area contributed by atoms with Crippen LogP contribution in [0.25, 0.3) is 0 Å². The number of ether oxygens (including phenoxy) is 1. The monoisotopic (exact) mass is 278 g/mol. The van der Waals surface area contributed by atoms with Crippen LogP contribution in [0.1, 0.15) is 18.1 Å². The number of hydrogen-bond donors (Lipinski definition) is 0. The lowest BCUT2D eigenvalue weighted by Gasteiger charge is -2.11. The number of carbonyl (C=O) groups is 1. The highest BCUT2D eigenvalue weighted by molar-refractivity contribution is 5.92. The third kappa shape index (κ3) is 3.05. The Morgan fingerprint density at radius 3 is 2.10 bits per heavy atom. The van der Waals surface area contributed by atoms with E-state index in [9.17, 15) is 4.79 Å². The zero-order valence-corrected chi connectivity index (χ0v) is 12.1. The lowest BCUT2D eigenvalue weighted by atomic mass is 9.97. The molecule has 1 aliphatic rings. The molecule has 2 aromatic carbocycles. The average Bonchev–Trinajstić information content (AvgIpc) is 2.77. The van der Waals surface area contributed by atoms with Crippen molar-refractivity contribution in [2.24, 2.45) is 0 Å². The molecule has 2 heteroatoms. The molecular weight excluding hydrogens is 260 g/mol. The van der Waals surface area contributed by atoms with Gasteiger partial charge in [0.25, 0.3) is 0 Å². The van der Waals surface area contributed by atoms with E-state index in [0.29, 0.717) is 6.42 Å². The highest BCUT2D eigenvalue weighted by Gasteiger charge is 2.30. The van der Waals surface area contributed by atoms with E-state index in [-0.39, 0.29) is 12.1 Å². The molecule has 0 saturated heterocycles. The predicted molar refractivity (Wildman–Crippen MR) is 82.9 cm³/mol. The summed E-state index contributed by atoms with van der Waals surface area (Å²) in [5.41, 5.74) is 4.20. The van der Waals surface area contributed by atoms with Crippen molar-refractivity contribution in [3.63, 3.8) is 0 Å². The van der Waals surface area contributed by atoms with Crippen molar-refractivity contribution in [3.8, 4) is 0 Å². The molecule has 0 N–H and O–H groups in total. The summed E-state index contributed by atoms with van der Waals surface area (Å²) in [5.74, 6) is -0.169. The Kier molecular flexibility index (Phi) is 3.87. The number of rotatable bonds is 4. The van der Waals surface area contributed by atoms with Gasteiger partial charge in [-0.15, -0.1) is 0 Å². The summed E-state index contributed by atoms with van der Waals surface area (Å²) in [6.07, 6.45) is 1.27. The third-order valence-electron chi connectivity index (χ3n) is 3.94. The molecule has 3 rings (SSSR count). The molecule has 0 amide bonds. The highest BCUT2D eigenvalue weighted by atomic mass is 16.5. The minimum absolute atomic E-state index is 0.126. The largest absolute Gasteiger partial charge is 0.454 e. The second-order valence-corrected chi connectivity index (χ2v) is 5.41. The first kappa shape index (κ1) is 13.6. The fraction of sp³-hybridized carbons (Fsp3) is 0.211. The smallest absolute Gasteiger partial charge is 0.335 e. The average molecular weight is 278 g/mol. The van der Waals surface area contributed by atoms with Crippen LogP contribution < -0.4 is 0 Å². The maximum absolute atomic E-state index is 12.1. The SMILES string of the molecule is CC1=C(Cc2ccccc2)C(=O)O[C@H]1Cc1ccccc1. The van der Waals surface area contributed by atoms with E-state index in [0.717, 1.165) is 23.1 Å². The molecule has 2 nitrogen and oxygen atoms in total. The van der Waals surface area contributed by atoms with Crippen molar-refractivity contribution in [2.75, 3.05) is 0 Å². The van der Waals surface area contributed by atoms with Crippen molar-refractivity contribution in [2.45, 2.75) is 25.9 Å². The Balaban J connectivity index is 1.78. The van der Waals surface area contributed by atoms with Crippen molar-refractivity contribution in [1.29, 1.82) is 0 Å². The van der Waals surface area contributed by atoms with Crippen LogP contribution in [0.2, 0.25) is 0 Å². The zero-order valence-electron chi connectivity index (χ0n) is 12.1. The minimum atomic E-state index is -0.169. The lowest BCUT2D eigenvalue weighted by molar-refractivity contribution is -0.139. The molecule has 0 bridgehead atoms. The molecule has 1 aliphatic heterocycles. The quantitative estimate of drug-likeness (QED) is 0.797. The predicted octanol–water partition coefficient (Wildman–Crippen LogP) is 3.71.